The van der Waals surface area contributed by atoms with Gasteiger partial charge in [0, 0.05) is 0 Å². The maximum absolute atomic E-state index is 12.2. The van der Waals surface area contributed by atoms with Crippen molar-refractivity contribution in [2.24, 2.45) is 0 Å². The minimum absolute atomic E-state index is 0.801. The monoisotopic (exact) mass is 313 g/mol. The van der Waals surface area contributed by atoms with Gasteiger partial charge in [-0.1, -0.05) is 12.1 Å². The van der Waals surface area contributed by atoms with E-state index in [-0.39, 0.29) is 0 Å². The van der Waals surface area contributed by atoms with Gasteiger partial charge in [0.05, 0.1) is 0 Å². The van der Waals surface area contributed by atoms with Crippen LogP contribution < -0.4 is 9.46 Å². The number of para-hydroxylation sites is 1. The van der Waals surface area contributed by atoms with Crippen molar-refractivity contribution in [3.05, 3.63) is 24.3 Å². The van der Waals surface area contributed by atoms with Crippen molar-refractivity contribution < 1.29 is 36.2 Å². The molecule has 0 amide bonds. The fourth-order valence-corrected chi connectivity index (χ4v) is 2.55. The molecule has 0 unspecified atom stereocenters. The zero-order valence-electron chi connectivity index (χ0n) is 10.0. The van der Waals surface area contributed by atoms with Gasteiger partial charge in [0.15, 0.2) is 0 Å². The standard InChI is InChI=1S/C10H10F3NO5S/c1-6(9(15)16)14-20(17,18)8-5-3-2-4-7(8)19-10(11,12)13/h2-6,14H,1H3,(H,15,16)/t6-/m0/s1. The summed E-state index contributed by atoms with van der Waals surface area (Å²) in [6.07, 6.45) is -5.07. The Bertz CT molecular complexity index is 599. The predicted molar refractivity (Wildman–Crippen MR) is 60.5 cm³/mol. The molecule has 0 spiro atoms. The Morgan fingerprint density at radius 3 is 2.40 bits per heavy atom. The Labute approximate surface area is 112 Å². The highest BCUT2D eigenvalue weighted by molar-refractivity contribution is 7.89. The van der Waals surface area contributed by atoms with Crippen LogP contribution >= 0.6 is 0 Å². The van der Waals surface area contributed by atoms with E-state index in [4.69, 9.17) is 5.11 Å². The summed E-state index contributed by atoms with van der Waals surface area (Å²) in [5, 5.41) is 8.61. The van der Waals surface area contributed by atoms with Gasteiger partial charge in [-0.15, -0.1) is 13.2 Å². The molecule has 10 heteroatoms. The smallest absolute Gasteiger partial charge is 0.480 e. The number of hydrogen-bond acceptors (Lipinski definition) is 4. The molecular weight excluding hydrogens is 303 g/mol. The van der Waals surface area contributed by atoms with Crippen molar-refractivity contribution in [1.29, 1.82) is 0 Å². The third kappa shape index (κ3) is 4.38. The number of carbonyl (C=O) groups is 1. The number of carboxylic acid groups (broad SMARTS) is 1. The first-order valence-corrected chi connectivity index (χ1v) is 6.61. The molecular formula is C10H10F3NO5S. The molecule has 0 fully saturated rings. The van der Waals surface area contributed by atoms with E-state index in [1.165, 1.54) is 6.07 Å². The average Bonchev–Trinajstić information content (AvgIpc) is 2.26. The summed E-state index contributed by atoms with van der Waals surface area (Å²) in [5.74, 6) is -2.41. The molecule has 0 radical (unpaired) electrons. The lowest BCUT2D eigenvalue weighted by Crippen LogP contribution is -2.38. The van der Waals surface area contributed by atoms with Crippen LogP contribution in [-0.4, -0.2) is 31.9 Å². The maximum atomic E-state index is 12.2. The van der Waals surface area contributed by atoms with Crippen molar-refractivity contribution in [2.75, 3.05) is 0 Å². The Balaban J connectivity index is 3.16. The van der Waals surface area contributed by atoms with Crippen LogP contribution in [0, 0.1) is 0 Å². The van der Waals surface area contributed by atoms with Gasteiger partial charge in [-0.25, -0.2) is 8.42 Å². The summed E-state index contributed by atoms with van der Waals surface area (Å²) in [6.45, 7) is 1.03. The molecule has 0 saturated carbocycles. The van der Waals surface area contributed by atoms with E-state index in [9.17, 15) is 26.4 Å². The average molecular weight is 313 g/mol. The molecule has 112 valence electrons. The Hall–Kier alpha value is -1.81. The molecule has 0 aliphatic heterocycles. The van der Waals surface area contributed by atoms with Gasteiger partial charge >= 0.3 is 12.3 Å². The largest absolute Gasteiger partial charge is 0.573 e. The van der Waals surface area contributed by atoms with Crippen LogP contribution in [-0.2, 0) is 14.8 Å². The minimum Gasteiger partial charge on any atom is -0.480 e. The fourth-order valence-electron chi connectivity index (χ4n) is 1.23. The summed E-state index contributed by atoms with van der Waals surface area (Å²) in [4.78, 5) is 9.78. The first kappa shape index (κ1) is 16.2. The van der Waals surface area contributed by atoms with E-state index >= 15 is 0 Å². The van der Waals surface area contributed by atoms with Crippen molar-refractivity contribution in [3.63, 3.8) is 0 Å². The van der Waals surface area contributed by atoms with Crippen molar-refractivity contribution in [1.82, 2.24) is 4.72 Å². The number of hydrogen-bond donors (Lipinski definition) is 2. The topological polar surface area (TPSA) is 92.7 Å². The number of alkyl halides is 3. The van der Waals surface area contributed by atoms with Crippen LogP contribution in [0.4, 0.5) is 13.2 Å². The number of carboxylic acids is 1. The predicted octanol–water partition coefficient (Wildman–Crippen LogP) is 1.34. The number of ether oxygens (including phenoxy) is 1. The van der Waals surface area contributed by atoms with Crippen LogP contribution in [0.1, 0.15) is 6.92 Å². The number of nitrogens with one attached hydrogen (secondary N) is 1. The lowest BCUT2D eigenvalue weighted by Gasteiger charge is -2.15. The third-order valence-corrected chi connectivity index (χ3v) is 3.65. The zero-order valence-corrected chi connectivity index (χ0v) is 10.8. The number of halogens is 3. The Kier molecular flexibility index (Phi) is 4.61. The van der Waals surface area contributed by atoms with Crippen LogP contribution in [0.15, 0.2) is 29.2 Å². The molecule has 1 aromatic rings. The van der Waals surface area contributed by atoms with Gasteiger partial charge in [-0.3, -0.25) is 4.79 Å². The molecule has 0 saturated heterocycles. The molecule has 0 aliphatic rings. The van der Waals surface area contributed by atoms with Crippen LogP contribution in [0.5, 0.6) is 5.75 Å². The molecule has 0 heterocycles. The number of benzene rings is 1. The molecule has 0 aliphatic carbocycles. The summed E-state index contributed by atoms with van der Waals surface area (Å²) in [5.41, 5.74) is 0. The van der Waals surface area contributed by atoms with E-state index in [0.29, 0.717) is 0 Å². The first-order valence-electron chi connectivity index (χ1n) is 5.13. The summed E-state index contributed by atoms with van der Waals surface area (Å²) in [6, 6.07) is 2.52. The molecule has 20 heavy (non-hydrogen) atoms. The molecule has 0 bridgehead atoms. The lowest BCUT2D eigenvalue weighted by atomic mass is 10.3. The first-order chi connectivity index (χ1) is 9.03. The second-order valence-electron chi connectivity index (χ2n) is 3.68. The highest BCUT2D eigenvalue weighted by atomic mass is 32.2. The van der Waals surface area contributed by atoms with E-state index in [1.807, 2.05) is 0 Å². The van der Waals surface area contributed by atoms with E-state index in [0.717, 1.165) is 25.1 Å². The third-order valence-electron chi connectivity index (χ3n) is 2.07. The van der Waals surface area contributed by atoms with Crippen molar-refractivity contribution in [2.45, 2.75) is 24.2 Å². The minimum atomic E-state index is -5.07. The van der Waals surface area contributed by atoms with Gasteiger partial charge in [0.1, 0.15) is 16.7 Å². The normalized spacial score (nSPS) is 13.8. The molecule has 2 N–H and O–H groups in total. The van der Waals surface area contributed by atoms with Crippen molar-refractivity contribution in [3.8, 4) is 5.75 Å². The van der Waals surface area contributed by atoms with Gasteiger partial charge in [-0.05, 0) is 19.1 Å². The number of sulfonamides is 1. The van der Waals surface area contributed by atoms with Gasteiger partial charge < -0.3 is 9.84 Å². The van der Waals surface area contributed by atoms with Gasteiger partial charge in [0.25, 0.3) is 0 Å². The molecule has 1 aromatic carbocycles. The van der Waals surface area contributed by atoms with Gasteiger partial charge in [-0.2, -0.15) is 4.72 Å². The van der Waals surface area contributed by atoms with Crippen LogP contribution in [0.25, 0.3) is 0 Å². The Morgan fingerprint density at radius 2 is 1.90 bits per heavy atom. The van der Waals surface area contributed by atoms with E-state index < -0.39 is 39.0 Å². The van der Waals surface area contributed by atoms with Gasteiger partial charge in [0.2, 0.25) is 10.0 Å². The van der Waals surface area contributed by atoms with Crippen LogP contribution in [0.2, 0.25) is 0 Å². The highest BCUT2D eigenvalue weighted by Gasteiger charge is 2.34. The fraction of sp³-hybridized carbons (Fsp3) is 0.300. The molecule has 0 aromatic heterocycles. The van der Waals surface area contributed by atoms with Crippen LogP contribution in [0.3, 0.4) is 0 Å². The molecule has 1 rings (SSSR count). The second kappa shape index (κ2) is 5.67. The lowest BCUT2D eigenvalue weighted by molar-refractivity contribution is -0.275. The summed E-state index contributed by atoms with van der Waals surface area (Å²) >= 11 is 0. The maximum Gasteiger partial charge on any atom is 0.573 e. The Morgan fingerprint density at radius 1 is 1.35 bits per heavy atom. The van der Waals surface area contributed by atoms with Crippen molar-refractivity contribution >= 4 is 16.0 Å². The second-order valence-corrected chi connectivity index (χ2v) is 5.36. The summed E-state index contributed by atoms with van der Waals surface area (Å²) in [7, 11) is -4.46. The zero-order chi connectivity index (χ0) is 15.6. The number of aliphatic carboxylic acids is 1. The SMILES string of the molecule is C[C@H](NS(=O)(=O)c1ccccc1OC(F)(F)F)C(=O)O. The quantitative estimate of drug-likeness (QED) is 0.855. The van der Waals surface area contributed by atoms with E-state index in [1.54, 1.807) is 4.72 Å². The summed E-state index contributed by atoms with van der Waals surface area (Å²) < 4.78 is 65.5. The molecule has 6 nitrogen and oxygen atoms in total. The highest BCUT2D eigenvalue weighted by Crippen LogP contribution is 2.29. The number of rotatable bonds is 5. The molecule has 1 atom stereocenters. The van der Waals surface area contributed by atoms with E-state index in [2.05, 4.69) is 4.74 Å².